The monoisotopic (exact) mass is 546 g/mol. The Bertz CT molecular complexity index is 918. The van der Waals surface area contributed by atoms with Gasteiger partial charge in [0, 0.05) is 25.7 Å². The van der Waals surface area contributed by atoms with Gasteiger partial charge in [0.1, 0.15) is 5.75 Å². The highest BCUT2D eigenvalue weighted by atomic mass is 127. The number of nitrogens with zero attached hydrogens (tertiary/aromatic N) is 2. The summed E-state index contributed by atoms with van der Waals surface area (Å²) in [7, 11) is 1.81. The molecule has 0 aliphatic rings. The number of methoxy groups -OCH3 is 1. The molecule has 0 amide bonds. The molecule has 0 saturated carbocycles. The number of sulfonamides is 1. The van der Waals surface area contributed by atoms with Gasteiger partial charge in [-0.2, -0.15) is 0 Å². The molecule has 2 aromatic rings. The zero-order valence-electron chi connectivity index (χ0n) is 17.9. The van der Waals surface area contributed by atoms with E-state index in [1.165, 1.54) is 7.05 Å². The Morgan fingerprint density at radius 1 is 1.10 bits per heavy atom. The van der Waals surface area contributed by atoms with Crippen LogP contribution < -0.4 is 14.8 Å². The van der Waals surface area contributed by atoms with Crippen molar-refractivity contribution in [3.05, 3.63) is 65.2 Å². The minimum atomic E-state index is -3.27. The maximum atomic E-state index is 11.7. The van der Waals surface area contributed by atoms with Gasteiger partial charge in [0.25, 0.3) is 0 Å². The van der Waals surface area contributed by atoms with Crippen LogP contribution in [0.1, 0.15) is 23.6 Å². The normalized spacial score (nSPS) is 11.5. The lowest BCUT2D eigenvalue weighted by Gasteiger charge is -2.23. The van der Waals surface area contributed by atoms with Crippen molar-refractivity contribution in [3.8, 4) is 5.75 Å². The number of aliphatic imine (C=N–C) groups is 1. The first-order valence-corrected chi connectivity index (χ1v) is 11.1. The second kappa shape index (κ2) is 12.8. The Labute approximate surface area is 197 Å². The van der Waals surface area contributed by atoms with Gasteiger partial charge in [-0.25, -0.2) is 18.1 Å². The van der Waals surface area contributed by atoms with Gasteiger partial charge in [0.05, 0.1) is 19.4 Å². The summed E-state index contributed by atoms with van der Waals surface area (Å²) in [5.74, 6) is 1.61. The minimum absolute atomic E-state index is 0. The fraction of sp³-hybridized carbons (Fsp3) is 0.381. The van der Waals surface area contributed by atoms with Gasteiger partial charge >= 0.3 is 0 Å². The molecule has 7 nitrogen and oxygen atoms in total. The minimum Gasteiger partial charge on any atom is -0.496 e. The fourth-order valence-electron chi connectivity index (χ4n) is 2.83. The lowest BCUT2D eigenvalue weighted by Crippen LogP contribution is -2.38. The second-order valence-electron chi connectivity index (χ2n) is 6.62. The molecule has 0 unspecified atom stereocenters. The smallest absolute Gasteiger partial charge is 0.215 e. The molecule has 0 radical (unpaired) electrons. The van der Waals surface area contributed by atoms with Crippen molar-refractivity contribution in [2.24, 2.45) is 4.99 Å². The highest BCUT2D eigenvalue weighted by molar-refractivity contribution is 14.0. The summed E-state index contributed by atoms with van der Waals surface area (Å²) >= 11 is 0. The van der Waals surface area contributed by atoms with Gasteiger partial charge in [0.2, 0.25) is 10.0 Å². The Kier molecular flexibility index (Phi) is 11.1. The predicted molar refractivity (Wildman–Crippen MR) is 133 cm³/mol. The third-order valence-corrected chi connectivity index (χ3v) is 5.73. The standard InChI is InChI=1S/C21H30N4O3S.HI/c1-5-23-21(25(3)15-19-8-6-7-9-20(19)28-4)24-14-17-10-12-18(13-11-17)16-29(26,27)22-2;/h6-13,22H,5,14-16H2,1-4H3,(H,23,24);1H. The van der Waals surface area contributed by atoms with E-state index in [9.17, 15) is 8.42 Å². The molecule has 0 fully saturated rings. The van der Waals surface area contributed by atoms with Crippen LogP contribution in [0.2, 0.25) is 0 Å². The van der Waals surface area contributed by atoms with Crippen molar-refractivity contribution >= 4 is 40.0 Å². The molecule has 2 aromatic carbocycles. The van der Waals surface area contributed by atoms with E-state index in [1.807, 2.05) is 62.5 Å². The van der Waals surface area contributed by atoms with Gasteiger partial charge in [-0.05, 0) is 31.2 Å². The zero-order valence-corrected chi connectivity index (χ0v) is 21.0. The van der Waals surface area contributed by atoms with Crippen molar-refractivity contribution < 1.29 is 13.2 Å². The van der Waals surface area contributed by atoms with E-state index in [-0.39, 0.29) is 29.7 Å². The average Bonchev–Trinajstić information content (AvgIpc) is 2.72. The zero-order chi connectivity index (χ0) is 21.3. The molecule has 0 bridgehead atoms. The van der Waals surface area contributed by atoms with Gasteiger partial charge in [-0.3, -0.25) is 0 Å². The molecule has 9 heteroatoms. The van der Waals surface area contributed by atoms with E-state index in [4.69, 9.17) is 9.73 Å². The van der Waals surface area contributed by atoms with Crippen molar-refractivity contribution in [3.63, 3.8) is 0 Å². The van der Waals surface area contributed by atoms with Crippen LogP contribution in [0.3, 0.4) is 0 Å². The van der Waals surface area contributed by atoms with Crippen LogP contribution >= 0.6 is 24.0 Å². The maximum Gasteiger partial charge on any atom is 0.215 e. The van der Waals surface area contributed by atoms with Crippen LogP contribution in [0.15, 0.2) is 53.5 Å². The van der Waals surface area contributed by atoms with Crippen molar-refractivity contribution in [2.45, 2.75) is 25.8 Å². The topological polar surface area (TPSA) is 83.0 Å². The van der Waals surface area contributed by atoms with Gasteiger partial charge in [-0.15, -0.1) is 24.0 Å². The largest absolute Gasteiger partial charge is 0.496 e. The summed E-state index contributed by atoms with van der Waals surface area (Å²) in [6, 6.07) is 15.4. The van der Waals surface area contributed by atoms with Crippen LogP contribution in [0.4, 0.5) is 0 Å². The molecule has 2 rings (SSSR count). The summed E-state index contributed by atoms with van der Waals surface area (Å²) < 4.78 is 31.1. The van der Waals surface area contributed by atoms with Gasteiger partial charge in [0.15, 0.2) is 5.96 Å². The molecule has 0 spiro atoms. The van der Waals surface area contributed by atoms with Crippen LogP contribution in [0, 0.1) is 0 Å². The molecule has 30 heavy (non-hydrogen) atoms. The molecule has 2 N–H and O–H groups in total. The van der Waals surface area contributed by atoms with E-state index in [1.54, 1.807) is 7.11 Å². The highest BCUT2D eigenvalue weighted by Crippen LogP contribution is 2.19. The SMILES string of the molecule is CCNC(=NCc1ccc(CS(=O)(=O)NC)cc1)N(C)Cc1ccccc1OC.I. The third-order valence-electron chi connectivity index (χ3n) is 4.40. The Balaban J connectivity index is 0.00000450. The number of guanidine groups is 1. The van der Waals surface area contributed by atoms with E-state index in [0.29, 0.717) is 13.1 Å². The first kappa shape index (κ1) is 26.2. The number of para-hydroxylation sites is 1. The second-order valence-corrected chi connectivity index (χ2v) is 8.54. The van der Waals surface area contributed by atoms with Crippen molar-refractivity contribution in [2.75, 3.05) is 27.7 Å². The molecule has 0 aromatic heterocycles. The van der Waals surface area contributed by atoms with Crippen LogP contribution in [-0.4, -0.2) is 47.0 Å². The quantitative estimate of drug-likeness (QED) is 0.287. The fourth-order valence-corrected chi connectivity index (χ4v) is 3.61. The number of hydrogen-bond acceptors (Lipinski definition) is 4. The summed E-state index contributed by atoms with van der Waals surface area (Å²) in [6.07, 6.45) is 0. The Hall–Kier alpha value is -1.85. The van der Waals surface area contributed by atoms with Gasteiger partial charge in [-0.1, -0.05) is 42.5 Å². The number of ether oxygens (including phenoxy) is 1. The maximum absolute atomic E-state index is 11.7. The number of hydrogen-bond donors (Lipinski definition) is 2. The van der Waals surface area contributed by atoms with E-state index >= 15 is 0 Å². The van der Waals surface area contributed by atoms with Crippen molar-refractivity contribution in [1.29, 1.82) is 0 Å². The lowest BCUT2D eigenvalue weighted by atomic mass is 10.1. The highest BCUT2D eigenvalue weighted by Gasteiger charge is 2.11. The van der Waals surface area contributed by atoms with Crippen LogP contribution in [-0.2, 0) is 28.9 Å². The molecule has 0 aliphatic carbocycles. The van der Waals surface area contributed by atoms with Crippen LogP contribution in [0.5, 0.6) is 5.75 Å². The molecule has 166 valence electrons. The number of halogens is 1. The number of nitrogens with one attached hydrogen (secondary N) is 2. The van der Waals surface area contributed by atoms with E-state index in [0.717, 1.165) is 34.9 Å². The number of rotatable bonds is 9. The van der Waals surface area contributed by atoms with E-state index < -0.39 is 10.0 Å². The van der Waals surface area contributed by atoms with Crippen molar-refractivity contribution in [1.82, 2.24) is 14.9 Å². The number of benzene rings is 2. The van der Waals surface area contributed by atoms with E-state index in [2.05, 4.69) is 14.9 Å². The summed E-state index contributed by atoms with van der Waals surface area (Å²) in [5.41, 5.74) is 2.84. The molecular formula is C21H31IN4O3S. The average molecular weight is 546 g/mol. The Morgan fingerprint density at radius 2 is 1.73 bits per heavy atom. The molecule has 0 saturated heterocycles. The third kappa shape index (κ3) is 8.11. The summed E-state index contributed by atoms with van der Waals surface area (Å²) in [5, 5.41) is 3.31. The first-order valence-electron chi connectivity index (χ1n) is 9.49. The summed E-state index contributed by atoms with van der Waals surface area (Å²) in [6.45, 7) is 3.95. The molecule has 0 aliphatic heterocycles. The van der Waals surface area contributed by atoms with Crippen LogP contribution in [0.25, 0.3) is 0 Å². The first-order chi connectivity index (χ1) is 13.9. The lowest BCUT2D eigenvalue weighted by molar-refractivity contribution is 0.396. The summed E-state index contributed by atoms with van der Waals surface area (Å²) in [4.78, 5) is 6.77. The van der Waals surface area contributed by atoms with Gasteiger partial charge < -0.3 is 15.0 Å². The molecular weight excluding hydrogens is 515 g/mol. The predicted octanol–water partition coefficient (Wildman–Crippen LogP) is 2.96. The molecule has 0 heterocycles. The molecule has 0 atom stereocenters. The Morgan fingerprint density at radius 3 is 2.33 bits per heavy atom.